The fourth-order valence-corrected chi connectivity index (χ4v) is 4.40. The van der Waals surface area contributed by atoms with E-state index in [1.807, 2.05) is 55.4 Å². The van der Waals surface area contributed by atoms with Gasteiger partial charge >= 0.3 is 0 Å². The van der Waals surface area contributed by atoms with Gasteiger partial charge in [0.1, 0.15) is 5.75 Å². The Kier molecular flexibility index (Phi) is 7.38. The molecule has 0 spiro atoms. The van der Waals surface area contributed by atoms with E-state index in [2.05, 4.69) is 4.72 Å². The van der Waals surface area contributed by atoms with E-state index in [-0.39, 0.29) is 18.6 Å². The van der Waals surface area contributed by atoms with Gasteiger partial charge in [-0.2, -0.15) is 0 Å². The van der Waals surface area contributed by atoms with Crippen molar-refractivity contribution in [3.63, 3.8) is 0 Å². The third-order valence-corrected chi connectivity index (χ3v) is 7.22. The molecule has 0 fully saturated rings. The number of benzene rings is 2. The van der Waals surface area contributed by atoms with Gasteiger partial charge in [-0.1, -0.05) is 30.3 Å². The van der Waals surface area contributed by atoms with Crippen LogP contribution in [0.25, 0.3) is 21.9 Å². The number of fused-ring (bicyclic) bond motifs is 1. The SMILES string of the molecule is COc1ccc2c(=O)n(CCNS(=O)(=O)C(C)C)c(CN(C)C)c(-c3ccccc3)c2c1. The highest BCUT2D eigenvalue weighted by Gasteiger charge is 2.20. The molecule has 8 heteroatoms. The van der Waals surface area contributed by atoms with Gasteiger partial charge in [0.15, 0.2) is 0 Å². The first kappa shape index (κ1) is 24.0. The second-order valence-corrected chi connectivity index (χ2v) is 10.6. The van der Waals surface area contributed by atoms with Crippen LogP contribution in [-0.4, -0.2) is 50.9 Å². The van der Waals surface area contributed by atoms with Crippen molar-refractivity contribution in [3.05, 3.63) is 64.6 Å². The molecular weight excluding hydrogens is 426 g/mol. The number of ether oxygens (including phenoxy) is 1. The third-order valence-electron chi connectivity index (χ3n) is 5.37. The highest BCUT2D eigenvalue weighted by Crippen LogP contribution is 2.33. The van der Waals surface area contributed by atoms with Gasteiger partial charge in [-0.3, -0.25) is 4.79 Å². The molecule has 7 nitrogen and oxygen atoms in total. The minimum Gasteiger partial charge on any atom is -0.497 e. The fourth-order valence-electron chi connectivity index (χ4n) is 3.70. The lowest BCUT2D eigenvalue weighted by atomic mass is 9.96. The summed E-state index contributed by atoms with van der Waals surface area (Å²) in [5.74, 6) is 0.673. The van der Waals surface area contributed by atoms with Crippen LogP contribution >= 0.6 is 0 Å². The largest absolute Gasteiger partial charge is 0.497 e. The second-order valence-electron chi connectivity index (χ2n) is 8.28. The maximum atomic E-state index is 13.5. The number of nitrogens with zero attached hydrogens (tertiary/aromatic N) is 2. The molecule has 0 bridgehead atoms. The molecule has 0 aliphatic heterocycles. The molecule has 0 atom stereocenters. The van der Waals surface area contributed by atoms with Gasteiger partial charge in [0.05, 0.1) is 12.4 Å². The van der Waals surface area contributed by atoms with Crippen molar-refractivity contribution in [3.8, 4) is 16.9 Å². The maximum absolute atomic E-state index is 13.5. The van der Waals surface area contributed by atoms with Crippen molar-refractivity contribution < 1.29 is 13.2 Å². The monoisotopic (exact) mass is 457 g/mol. The quantitative estimate of drug-likeness (QED) is 0.534. The number of aromatic nitrogens is 1. The lowest BCUT2D eigenvalue weighted by molar-refractivity contribution is 0.385. The molecular formula is C24H31N3O4S. The number of hydrogen-bond acceptors (Lipinski definition) is 5. The van der Waals surface area contributed by atoms with E-state index in [1.165, 1.54) is 0 Å². The highest BCUT2D eigenvalue weighted by atomic mass is 32.2. The zero-order valence-electron chi connectivity index (χ0n) is 19.3. The van der Waals surface area contributed by atoms with E-state index in [0.29, 0.717) is 17.7 Å². The van der Waals surface area contributed by atoms with Crippen LogP contribution in [0.4, 0.5) is 0 Å². The molecule has 1 heterocycles. The molecule has 3 rings (SSSR count). The Hall–Kier alpha value is -2.68. The van der Waals surface area contributed by atoms with Crippen molar-refractivity contribution in [1.82, 2.24) is 14.2 Å². The Balaban J connectivity index is 2.26. The number of sulfonamides is 1. The number of pyridine rings is 1. The molecule has 1 N–H and O–H groups in total. The molecule has 1 aromatic heterocycles. The van der Waals surface area contributed by atoms with E-state index in [0.717, 1.165) is 22.2 Å². The van der Waals surface area contributed by atoms with Crippen molar-refractivity contribution in [1.29, 1.82) is 0 Å². The molecule has 172 valence electrons. The zero-order chi connectivity index (χ0) is 23.5. The average Bonchev–Trinajstić information content (AvgIpc) is 2.75. The molecule has 3 aromatic rings. The summed E-state index contributed by atoms with van der Waals surface area (Å²) in [6.07, 6.45) is 0. The molecule has 0 radical (unpaired) electrons. The first-order chi connectivity index (χ1) is 15.2. The Morgan fingerprint density at radius 3 is 2.34 bits per heavy atom. The van der Waals surface area contributed by atoms with Crippen LogP contribution in [0.5, 0.6) is 5.75 Å². The molecule has 0 amide bonds. The van der Waals surface area contributed by atoms with Gasteiger partial charge in [-0.05, 0) is 51.7 Å². The van der Waals surface area contributed by atoms with E-state index >= 15 is 0 Å². The smallest absolute Gasteiger partial charge is 0.258 e. The minimum absolute atomic E-state index is 0.136. The molecule has 0 saturated carbocycles. The van der Waals surface area contributed by atoms with Crippen LogP contribution in [0.15, 0.2) is 53.3 Å². The average molecular weight is 458 g/mol. The van der Waals surface area contributed by atoms with Gasteiger partial charge in [-0.15, -0.1) is 0 Å². The summed E-state index contributed by atoms with van der Waals surface area (Å²) in [6, 6.07) is 15.4. The van der Waals surface area contributed by atoms with Crippen LogP contribution in [0.3, 0.4) is 0 Å². The molecule has 0 saturated heterocycles. The van der Waals surface area contributed by atoms with Crippen LogP contribution in [0.1, 0.15) is 19.5 Å². The lowest BCUT2D eigenvalue weighted by Gasteiger charge is -2.23. The second kappa shape index (κ2) is 9.85. The summed E-state index contributed by atoms with van der Waals surface area (Å²) in [6.45, 7) is 4.14. The van der Waals surface area contributed by atoms with Gasteiger partial charge in [-0.25, -0.2) is 13.1 Å². The van der Waals surface area contributed by atoms with Crippen LogP contribution in [0, 0.1) is 0 Å². The number of hydrogen-bond donors (Lipinski definition) is 1. The van der Waals surface area contributed by atoms with Gasteiger partial charge in [0, 0.05) is 41.7 Å². The van der Waals surface area contributed by atoms with E-state index < -0.39 is 15.3 Å². The number of rotatable bonds is 9. The minimum atomic E-state index is -3.42. The van der Waals surface area contributed by atoms with E-state index in [1.54, 1.807) is 37.7 Å². The number of methoxy groups -OCH3 is 1. The van der Waals surface area contributed by atoms with Crippen molar-refractivity contribution in [2.24, 2.45) is 0 Å². The van der Waals surface area contributed by atoms with Crippen LogP contribution < -0.4 is 15.0 Å². The Bertz CT molecular complexity index is 1250. The van der Waals surface area contributed by atoms with Gasteiger partial charge in [0.2, 0.25) is 10.0 Å². The Labute approximate surface area is 189 Å². The fraction of sp³-hybridized carbons (Fsp3) is 0.375. The zero-order valence-corrected chi connectivity index (χ0v) is 20.1. The summed E-state index contributed by atoms with van der Waals surface area (Å²) in [7, 11) is 2.07. The third kappa shape index (κ3) is 5.03. The highest BCUT2D eigenvalue weighted by molar-refractivity contribution is 7.90. The lowest BCUT2D eigenvalue weighted by Crippen LogP contribution is -2.36. The molecule has 2 aromatic carbocycles. The topological polar surface area (TPSA) is 80.6 Å². The predicted octanol–water partition coefficient (Wildman–Crippen LogP) is 3.07. The van der Waals surface area contributed by atoms with E-state index in [9.17, 15) is 13.2 Å². The maximum Gasteiger partial charge on any atom is 0.258 e. The van der Waals surface area contributed by atoms with E-state index in [4.69, 9.17) is 4.74 Å². The first-order valence-corrected chi connectivity index (χ1v) is 12.1. The normalized spacial score (nSPS) is 12.1. The molecule has 0 aliphatic carbocycles. The first-order valence-electron chi connectivity index (χ1n) is 10.6. The number of nitrogens with one attached hydrogen (secondary N) is 1. The Morgan fingerprint density at radius 1 is 1.06 bits per heavy atom. The summed E-state index contributed by atoms with van der Waals surface area (Å²) >= 11 is 0. The molecule has 32 heavy (non-hydrogen) atoms. The van der Waals surface area contributed by atoms with Crippen molar-refractivity contribution in [2.75, 3.05) is 27.7 Å². The summed E-state index contributed by atoms with van der Waals surface area (Å²) in [4.78, 5) is 15.5. The summed E-state index contributed by atoms with van der Waals surface area (Å²) in [5.41, 5.74) is 2.61. The van der Waals surface area contributed by atoms with Crippen molar-refractivity contribution >= 4 is 20.8 Å². The Morgan fingerprint density at radius 2 is 1.75 bits per heavy atom. The summed E-state index contributed by atoms with van der Waals surface area (Å²) in [5, 5.41) is 0.847. The van der Waals surface area contributed by atoms with Crippen LogP contribution in [0.2, 0.25) is 0 Å². The molecule has 0 aliphatic rings. The van der Waals surface area contributed by atoms with Gasteiger partial charge in [0.25, 0.3) is 5.56 Å². The van der Waals surface area contributed by atoms with Gasteiger partial charge < -0.3 is 14.2 Å². The molecule has 0 unspecified atom stereocenters. The van der Waals surface area contributed by atoms with Crippen molar-refractivity contribution in [2.45, 2.75) is 32.2 Å². The standard InChI is InChI=1S/C24H31N3O4S/c1-17(2)32(29,30)25-13-14-27-22(16-26(3)4)23(18-9-7-6-8-10-18)21-15-19(31-5)11-12-20(21)24(27)28/h6-12,15,17,25H,13-14,16H2,1-5H3. The van der Waals surface area contributed by atoms with Crippen LogP contribution in [-0.2, 0) is 23.1 Å². The predicted molar refractivity (Wildman–Crippen MR) is 130 cm³/mol. The summed E-state index contributed by atoms with van der Waals surface area (Å²) < 4.78 is 34.2.